The van der Waals surface area contributed by atoms with Crippen LogP contribution in [0.15, 0.2) is 17.0 Å². The fourth-order valence-corrected chi connectivity index (χ4v) is 2.39. The Morgan fingerprint density at radius 1 is 1.33 bits per heavy atom. The lowest BCUT2D eigenvalue weighted by molar-refractivity contribution is 0.00430. The minimum Gasteiger partial charge on any atom is -0.457 e. The van der Waals surface area contributed by atoms with E-state index >= 15 is 0 Å². The monoisotopic (exact) mass is 315 g/mol. The van der Waals surface area contributed by atoms with Gasteiger partial charge in [-0.2, -0.15) is 0 Å². The summed E-state index contributed by atoms with van der Waals surface area (Å²) in [7, 11) is -3.87. The summed E-state index contributed by atoms with van der Waals surface area (Å²) >= 11 is 0. The van der Waals surface area contributed by atoms with Crippen LogP contribution in [0.3, 0.4) is 0 Å². The number of ether oxygens (including phenoxy) is 2. The topological polar surface area (TPSA) is 95.7 Å². The second-order valence-corrected chi connectivity index (χ2v) is 6.39. The molecule has 0 radical (unpaired) electrons. The van der Waals surface area contributed by atoms with E-state index in [9.17, 15) is 13.2 Å². The van der Waals surface area contributed by atoms with Crippen LogP contribution in [0.5, 0.6) is 0 Å². The maximum Gasteiger partial charge on any atom is 0.338 e. The molecule has 0 fully saturated rings. The predicted octanol–water partition coefficient (Wildman–Crippen LogP) is 1.53. The molecular formula is C14H21NO5S. The summed E-state index contributed by atoms with van der Waals surface area (Å²) in [6.07, 6.45) is -0.421. The highest BCUT2D eigenvalue weighted by Gasteiger charge is 2.19. The van der Waals surface area contributed by atoms with Gasteiger partial charge in [0.15, 0.2) is 0 Å². The van der Waals surface area contributed by atoms with E-state index in [2.05, 4.69) is 0 Å². The molecule has 1 rings (SSSR count). The summed E-state index contributed by atoms with van der Waals surface area (Å²) in [5.41, 5.74) is 1.52. The van der Waals surface area contributed by atoms with Gasteiger partial charge in [0.1, 0.15) is 6.10 Å². The summed E-state index contributed by atoms with van der Waals surface area (Å²) in [6.45, 7) is 7.81. The Morgan fingerprint density at radius 3 is 2.48 bits per heavy atom. The number of rotatable bonds is 6. The Labute approximate surface area is 125 Å². The van der Waals surface area contributed by atoms with Crippen molar-refractivity contribution in [1.29, 1.82) is 0 Å². The molecule has 7 heteroatoms. The number of nitrogens with two attached hydrogens (primary N) is 1. The van der Waals surface area contributed by atoms with E-state index in [0.717, 1.165) is 0 Å². The molecule has 0 amide bonds. The molecule has 0 aromatic heterocycles. The molecule has 21 heavy (non-hydrogen) atoms. The smallest absolute Gasteiger partial charge is 0.338 e. The van der Waals surface area contributed by atoms with Gasteiger partial charge in [-0.15, -0.1) is 0 Å². The van der Waals surface area contributed by atoms with Crippen molar-refractivity contribution in [2.45, 2.75) is 38.7 Å². The van der Waals surface area contributed by atoms with Crippen molar-refractivity contribution in [3.05, 3.63) is 28.8 Å². The molecule has 6 nitrogen and oxygen atoms in total. The van der Waals surface area contributed by atoms with Crippen LogP contribution < -0.4 is 5.14 Å². The minimum absolute atomic E-state index is 0.102. The van der Waals surface area contributed by atoms with Crippen LogP contribution in [0.25, 0.3) is 0 Å². The van der Waals surface area contributed by atoms with Crippen molar-refractivity contribution >= 4 is 16.0 Å². The van der Waals surface area contributed by atoms with E-state index in [1.165, 1.54) is 12.1 Å². The minimum atomic E-state index is -3.87. The average molecular weight is 315 g/mol. The van der Waals surface area contributed by atoms with Crippen LogP contribution in [-0.2, 0) is 19.5 Å². The van der Waals surface area contributed by atoms with Crippen molar-refractivity contribution in [2.24, 2.45) is 5.14 Å². The molecule has 0 spiro atoms. The van der Waals surface area contributed by atoms with Crippen LogP contribution in [0.1, 0.15) is 35.3 Å². The lowest BCUT2D eigenvalue weighted by Crippen LogP contribution is -2.22. The molecule has 1 unspecified atom stereocenters. The maximum atomic E-state index is 12.2. The lowest BCUT2D eigenvalue weighted by Gasteiger charge is -2.15. The van der Waals surface area contributed by atoms with Gasteiger partial charge in [0.05, 0.1) is 17.1 Å². The normalized spacial score (nSPS) is 13.0. The highest BCUT2D eigenvalue weighted by molar-refractivity contribution is 7.89. The summed E-state index contributed by atoms with van der Waals surface area (Å²) in [5, 5.41) is 5.11. The number of primary sulfonamides is 1. The van der Waals surface area contributed by atoms with Crippen molar-refractivity contribution in [2.75, 3.05) is 13.2 Å². The van der Waals surface area contributed by atoms with E-state index in [4.69, 9.17) is 14.6 Å². The van der Waals surface area contributed by atoms with Gasteiger partial charge in [-0.3, -0.25) is 0 Å². The standard InChI is InChI=1S/C14H21NO5S/c1-5-19-8-10(3)20-14(16)13-7-12(21(15,17)18)6-9(2)11(13)4/h6-7,10H,5,8H2,1-4H3,(H2,15,17,18). The van der Waals surface area contributed by atoms with Crippen molar-refractivity contribution in [1.82, 2.24) is 0 Å². The highest BCUT2D eigenvalue weighted by Crippen LogP contribution is 2.20. The first-order valence-electron chi connectivity index (χ1n) is 6.59. The Hall–Kier alpha value is -1.44. The molecule has 0 saturated carbocycles. The first-order chi connectivity index (χ1) is 9.66. The predicted molar refractivity (Wildman–Crippen MR) is 78.7 cm³/mol. The Morgan fingerprint density at radius 2 is 1.95 bits per heavy atom. The van der Waals surface area contributed by atoms with Crippen molar-refractivity contribution in [3.63, 3.8) is 0 Å². The fourth-order valence-electron chi connectivity index (χ4n) is 1.77. The number of benzene rings is 1. The number of carbonyl (C=O) groups is 1. The fraction of sp³-hybridized carbons (Fsp3) is 0.500. The van der Waals surface area contributed by atoms with Gasteiger partial charge in [-0.05, 0) is 51.0 Å². The molecule has 1 aromatic rings. The zero-order chi connectivity index (χ0) is 16.2. The summed E-state index contributed by atoms with van der Waals surface area (Å²) in [5.74, 6) is -0.590. The molecule has 2 N–H and O–H groups in total. The number of carbonyl (C=O) groups excluding carboxylic acids is 1. The SMILES string of the molecule is CCOCC(C)OC(=O)c1cc(S(N)(=O)=O)cc(C)c1C. The zero-order valence-corrected chi connectivity index (χ0v) is 13.5. The molecule has 0 aliphatic rings. The highest BCUT2D eigenvalue weighted by atomic mass is 32.2. The quantitative estimate of drug-likeness (QED) is 0.803. The van der Waals surface area contributed by atoms with Crippen LogP contribution in [0.2, 0.25) is 0 Å². The number of hydrogen-bond acceptors (Lipinski definition) is 5. The van der Waals surface area contributed by atoms with Gasteiger partial charge in [0.2, 0.25) is 10.0 Å². The van der Waals surface area contributed by atoms with Crippen LogP contribution in [-0.4, -0.2) is 33.7 Å². The number of hydrogen-bond donors (Lipinski definition) is 1. The zero-order valence-electron chi connectivity index (χ0n) is 12.7. The van der Waals surface area contributed by atoms with Crippen LogP contribution >= 0.6 is 0 Å². The second-order valence-electron chi connectivity index (χ2n) is 4.83. The lowest BCUT2D eigenvalue weighted by atomic mass is 10.0. The van der Waals surface area contributed by atoms with Gasteiger partial charge >= 0.3 is 5.97 Å². The third-order valence-electron chi connectivity index (χ3n) is 3.05. The molecular weight excluding hydrogens is 294 g/mol. The molecule has 0 heterocycles. The Balaban J connectivity index is 3.06. The van der Waals surface area contributed by atoms with E-state index in [0.29, 0.717) is 17.7 Å². The Kier molecular flexibility index (Phi) is 5.88. The number of sulfonamides is 1. The third kappa shape index (κ3) is 4.80. The van der Waals surface area contributed by atoms with Crippen molar-refractivity contribution in [3.8, 4) is 0 Å². The summed E-state index contributed by atoms with van der Waals surface area (Å²) in [6, 6.07) is 2.68. The van der Waals surface area contributed by atoms with Crippen LogP contribution in [0, 0.1) is 13.8 Å². The molecule has 1 aromatic carbocycles. The maximum absolute atomic E-state index is 12.2. The van der Waals surface area contributed by atoms with Gasteiger partial charge in [-0.1, -0.05) is 0 Å². The molecule has 0 aliphatic carbocycles. The second kappa shape index (κ2) is 7.02. The Bertz CT molecular complexity index is 624. The number of aryl methyl sites for hydroxylation is 1. The summed E-state index contributed by atoms with van der Waals surface area (Å²) < 4.78 is 33.3. The van der Waals surface area contributed by atoms with Gasteiger partial charge in [0.25, 0.3) is 0 Å². The van der Waals surface area contributed by atoms with E-state index in [1.54, 1.807) is 20.8 Å². The first-order valence-corrected chi connectivity index (χ1v) is 8.14. The van der Waals surface area contributed by atoms with Gasteiger partial charge < -0.3 is 9.47 Å². The molecule has 0 saturated heterocycles. The van der Waals surface area contributed by atoms with Gasteiger partial charge in [0, 0.05) is 6.61 Å². The van der Waals surface area contributed by atoms with E-state index < -0.39 is 22.1 Å². The first kappa shape index (κ1) is 17.6. The van der Waals surface area contributed by atoms with Crippen molar-refractivity contribution < 1.29 is 22.7 Å². The molecule has 0 aliphatic heterocycles. The van der Waals surface area contributed by atoms with Gasteiger partial charge in [-0.25, -0.2) is 18.4 Å². The van der Waals surface area contributed by atoms with E-state index in [-0.39, 0.29) is 17.1 Å². The molecule has 1 atom stereocenters. The summed E-state index contributed by atoms with van der Waals surface area (Å²) in [4.78, 5) is 12.1. The number of esters is 1. The van der Waals surface area contributed by atoms with E-state index in [1.807, 2.05) is 6.92 Å². The van der Waals surface area contributed by atoms with Crippen LogP contribution in [0.4, 0.5) is 0 Å². The third-order valence-corrected chi connectivity index (χ3v) is 3.95. The largest absolute Gasteiger partial charge is 0.457 e. The average Bonchev–Trinajstić information content (AvgIpc) is 2.37. The molecule has 118 valence electrons. The molecule has 0 bridgehead atoms.